The largest absolute Gasteiger partial charge is 0.364 e. The molecule has 0 saturated heterocycles. The van der Waals surface area contributed by atoms with E-state index in [0.29, 0.717) is 0 Å². The maximum absolute atomic E-state index is 10.9. The molecule has 0 spiro atoms. The molecule has 0 aliphatic carbocycles. The first kappa shape index (κ1) is 16.2. The van der Waals surface area contributed by atoms with Crippen molar-refractivity contribution in [3.8, 4) is 0 Å². The number of hydrogen-bond donors (Lipinski definition) is 0. The summed E-state index contributed by atoms with van der Waals surface area (Å²) in [6, 6.07) is 6.72. The Morgan fingerprint density at radius 2 is 2.05 bits per heavy atom. The standard InChI is InChI=1S/C16H20BrNO3/c1-10-8-13(21-15(14(10)17)16(2,3)4)11-6-5-7-12(9-11)18(19)20/h5-7,9,13,15H,8H2,1-4H3/t13-,15+/m0/s1. The van der Waals surface area contributed by atoms with Crippen LogP contribution >= 0.6 is 15.9 Å². The molecule has 0 saturated carbocycles. The highest BCUT2D eigenvalue weighted by Crippen LogP contribution is 2.43. The van der Waals surface area contributed by atoms with Crippen molar-refractivity contribution >= 4 is 21.6 Å². The van der Waals surface area contributed by atoms with Crippen LogP contribution < -0.4 is 0 Å². The lowest BCUT2D eigenvalue weighted by atomic mass is 9.84. The number of hydrogen-bond acceptors (Lipinski definition) is 3. The fraction of sp³-hybridized carbons (Fsp3) is 0.500. The average Bonchev–Trinajstić information content (AvgIpc) is 2.40. The van der Waals surface area contributed by atoms with Crippen LogP contribution in [0.25, 0.3) is 0 Å². The van der Waals surface area contributed by atoms with Gasteiger partial charge in [0.25, 0.3) is 5.69 Å². The zero-order valence-corrected chi connectivity index (χ0v) is 14.3. The summed E-state index contributed by atoms with van der Waals surface area (Å²) in [4.78, 5) is 10.6. The van der Waals surface area contributed by atoms with Crippen molar-refractivity contribution in [1.29, 1.82) is 0 Å². The van der Waals surface area contributed by atoms with Crippen LogP contribution in [0.5, 0.6) is 0 Å². The van der Waals surface area contributed by atoms with Gasteiger partial charge >= 0.3 is 0 Å². The summed E-state index contributed by atoms with van der Waals surface area (Å²) in [7, 11) is 0. The first-order valence-electron chi connectivity index (χ1n) is 6.95. The first-order chi connectivity index (χ1) is 9.70. The Morgan fingerprint density at radius 1 is 1.38 bits per heavy atom. The van der Waals surface area contributed by atoms with E-state index in [9.17, 15) is 10.1 Å². The van der Waals surface area contributed by atoms with Gasteiger partial charge in [0.2, 0.25) is 0 Å². The van der Waals surface area contributed by atoms with E-state index in [0.717, 1.165) is 16.5 Å². The van der Waals surface area contributed by atoms with E-state index in [4.69, 9.17) is 4.74 Å². The van der Waals surface area contributed by atoms with Gasteiger partial charge in [0.05, 0.1) is 17.1 Å². The van der Waals surface area contributed by atoms with Gasteiger partial charge in [0.1, 0.15) is 0 Å². The summed E-state index contributed by atoms with van der Waals surface area (Å²) >= 11 is 3.64. The zero-order valence-electron chi connectivity index (χ0n) is 12.7. The van der Waals surface area contributed by atoms with Crippen molar-refractivity contribution in [3.63, 3.8) is 0 Å². The Hall–Kier alpha value is -1.20. The van der Waals surface area contributed by atoms with E-state index in [-0.39, 0.29) is 28.2 Å². The minimum atomic E-state index is -0.369. The third kappa shape index (κ3) is 3.52. The van der Waals surface area contributed by atoms with Gasteiger partial charge in [0.15, 0.2) is 0 Å². The van der Waals surface area contributed by atoms with Crippen LogP contribution in [-0.2, 0) is 4.74 Å². The van der Waals surface area contributed by atoms with Crippen molar-refractivity contribution in [3.05, 3.63) is 50.0 Å². The van der Waals surface area contributed by atoms with Gasteiger partial charge in [-0.3, -0.25) is 10.1 Å². The van der Waals surface area contributed by atoms with Crippen LogP contribution in [0.4, 0.5) is 5.69 Å². The van der Waals surface area contributed by atoms with Crippen molar-refractivity contribution in [2.24, 2.45) is 5.41 Å². The minimum Gasteiger partial charge on any atom is -0.364 e. The van der Waals surface area contributed by atoms with E-state index >= 15 is 0 Å². The third-order valence-electron chi connectivity index (χ3n) is 3.67. The third-order valence-corrected chi connectivity index (χ3v) is 4.76. The highest BCUT2D eigenvalue weighted by Gasteiger charge is 2.36. The van der Waals surface area contributed by atoms with E-state index in [1.165, 1.54) is 11.6 Å². The fourth-order valence-electron chi connectivity index (χ4n) is 2.49. The second-order valence-corrected chi connectivity index (χ2v) is 7.41. The summed E-state index contributed by atoms with van der Waals surface area (Å²) < 4.78 is 7.32. The molecular formula is C16H20BrNO3. The second-order valence-electron chi connectivity index (χ2n) is 6.56. The Balaban J connectivity index is 2.35. The number of benzene rings is 1. The molecule has 0 unspecified atom stereocenters. The Kier molecular flexibility index (Phi) is 4.54. The molecule has 114 valence electrons. The molecule has 4 nitrogen and oxygen atoms in total. The highest BCUT2D eigenvalue weighted by atomic mass is 79.9. The van der Waals surface area contributed by atoms with Gasteiger partial charge in [-0.2, -0.15) is 0 Å². The summed E-state index contributed by atoms with van der Waals surface area (Å²) in [5, 5.41) is 10.9. The average molecular weight is 354 g/mol. The van der Waals surface area contributed by atoms with E-state index < -0.39 is 0 Å². The molecule has 1 aliphatic rings. The molecule has 21 heavy (non-hydrogen) atoms. The molecule has 0 radical (unpaired) electrons. The summed E-state index contributed by atoms with van der Waals surface area (Å²) in [6.45, 7) is 8.46. The van der Waals surface area contributed by atoms with Crippen molar-refractivity contribution in [2.45, 2.75) is 46.3 Å². The molecule has 1 aromatic carbocycles. The maximum Gasteiger partial charge on any atom is 0.269 e. The van der Waals surface area contributed by atoms with Crippen LogP contribution in [0.15, 0.2) is 34.3 Å². The molecule has 0 amide bonds. The van der Waals surface area contributed by atoms with Gasteiger partial charge in [-0.1, -0.05) is 54.4 Å². The first-order valence-corrected chi connectivity index (χ1v) is 7.74. The van der Waals surface area contributed by atoms with Crippen LogP contribution in [0.1, 0.15) is 45.8 Å². The van der Waals surface area contributed by atoms with Crippen LogP contribution in [-0.4, -0.2) is 11.0 Å². The fourth-order valence-corrected chi connectivity index (χ4v) is 3.45. The van der Waals surface area contributed by atoms with E-state index in [1.54, 1.807) is 12.1 Å². The number of nitro groups is 1. The number of nitrogens with zero attached hydrogens (tertiary/aromatic N) is 1. The quantitative estimate of drug-likeness (QED) is 0.546. The molecule has 2 rings (SSSR count). The van der Waals surface area contributed by atoms with Gasteiger partial charge in [0, 0.05) is 16.6 Å². The molecule has 0 aromatic heterocycles. The van der Waals surface area contributed by atoms with Gasteiger partial charge in [-0.05, 0) is 24.3 Å². The van der Waals surface area contributed by atoms with Gasteiger partial charge < -0.3 is 4.74 Å². The monoisotopic (exact) mass is 353 g/mol. The molecule has 1 aliphatic heterocycles. The van der Waals surface area contributed by atoms with Crippen LogP contribution in [0.3, 0.4) is 0 Å². The maximum atomic E-state index is 10.9. The molecule has 2 atom stereocenters. The lowest BCUT2D eigenvalue weighted by Crippen LogP contribution is -2.34. The molecular weight excluding hydrogens is 334 g/mol. The Bertz CT molecular complexity index is 589. The molecule has 5 heteroatoms. The molecule has 1 heterocycles. The van der Waals surface area contributed by atoms with Crippen LogP contribution in [0, 0.1) is 15.5 Å². The number of nitro benzene ring substituents is 1. The van der Waals surface area contributed by atoms with Crippen LogP contribution in [0.2, 0.25) is 0 Å². The summed E-state index contributed by atoms with van der Waals surface area (Å²) in [5.74, 6) is 0. The topological polar surface area (TPSA) is 52.4 Å². The lowest BCUT2D eigenvalue weighted by molar-refractivity contribution is -0.385. The number of ether oxygens (including phenoxy) is 1. The number of halogens is 1. The summed E-state index contributed by atoms with van der Waals surface area (Å²) in [5.41, 5.74) is 2.16. The Labute approximate surface area is 133 Å². The van der Waals surface area contributed by atoms with E-state index in [2.05, 4.69) is 43.6 Å². The number of non-ortho nitro benzene ring substituents is 1. The molecule has 1 aromatic rings. The lowest BCUT2D eigenvalue weighted by Gasteiger charge is -2.38. The number of rotatable bonds is 2. The van der Waals surface area contributed by atoms with Crippen molar-refractivity contribution < 1.29 is 9.66 Å². The zero-order chi connectivity index (χ0) is 15.8. The van der Waals surface area contributed by atoms with Gasteiger partial charge in [-0.25, -0.2) is 0 Å². The van der Waals surface area contributed by atoms with Crippen molar-refractivity contribution in [1.82, 2.24) is 0 Å². The SMILES string of the molecule is CC1=C(Br)[C@H](C(C)(C)C)O[C@H](c2cccc([N+](=O)[O-])c2)C1. The predicted molar refractivity (Wildman–Crippen MR) is 86.4 cm³/mol. The minimum absolute atomic E-state index is 0.0422. The smallest absolute Gasteiger partial charge is 0.269 e. The normalized spacial score (nSPS) is 23.3. The van der Waals surface area contributed by atoms with Gasteiger partial charge in [-0.15, -0.1) is 0 Å². The predicted octanol–water partition coefficient (Wildman–Crippen LogP) is 5.14. The second kappa shape index (κ2) is 5.89. The summed E-state index contributed by atoms with van der Waals surface area (Å²) in [6.07, 6.45) is 0.555. The molecule has 0 fully saturated rings. The van der Waals surface area contributed by atoms with E-state index in [1.807, 2.05) is 6.07 Å². The molecule has 0 N–H and O–H groups in total. The Morgan fingerprint density at radius 3 is 2.62 bits per heavy atom. The highest BCUT2D eigenvalue weighted by molar-refractivity contribution is 9.11. The van der Waals surface area contributed by atoms with Crippen molar-refractivity contribution in [2.75, 3.05) is 0 Å². The molecule has 0 bridgehead atoms.